The maximum Gasteiger partial charge on any atom is 0.335 e. The number of thioether (sulfide) groups is 1. The van der Waals surface area contributed by atoms with Crippen molar-refractivity contribution >= 4 is 23.8 Å². The number of aromatic carboxylic acids is 1. The van der Waals surface area contributed by atoms with E-state index < -0.39 is 5.97 Å². The number of carboxylic acids is 1. The van der Waals surface area contributed by atoms with Gasteiger partial charge in [0.05, 0.1) is 11.6 Å². The molecule has 0 aliphatic carbocycles. The lowest BCUT2D eigenvalue weighted by Gasteiger charge is -2.35. The Morgan fingerprint density at radius 3 is 2.52 bits per heavy atom. The minimum absolute atomic E-state index is 0.0781. The van der Waals surface area contributed by atoms with Crippen LogP contribution in [0.2, 0.25) is 0 Å². The lowest BCUT2D eigenvalue weighted by Crippen LogP contribution is -2.46. The van der Waals surface area contributed by atoms with E-state index in [1.165, 1.54) is 0 Å². The van der Waals surface area contributed by atoms with Crippen LogP contribution in [0.15, 0.2) is 54.6 Å². The fourth-order valence-corrected chi connectivity index (χ4v) is 3.93. The molecule has 1 aliphatic heterocycles. The summed E-state index contributed by atoms with van der Waals surface area (Å²) in [7, 11) is 0. The number of rotatable bonds is 4. The van der Waals surface area contributed by atoms with Gasteiger partial charge in [-0.1, -0.05) is 42.5 Å². The molecule has 0 saturated carbocycles. The molecule has 1 saturated heterocycles. The zero-order valence-corrected chi connectivity index (χ0v) is 14.5. The van der Waals surface area contributed by atoms with E-state index >= 15 is 0 Å². The average molecular weight is 356 g/mol. The smallest absolute Gasteiger partial charge is 0.335 e. The number of carbonyl (C=O) groups is 2. The van der Waals surface area contributed by atoms with Crippen LogP contribution in [0, 0.1) is 0 Å². The van der Waals surface area contributed by atoms with Crippen molar-refractivity contribution in [1.82, 2.24) is 10.2 Å². The van der Waals surface area contributed by atoms with Crippen molar-refractivity contribution in [3.63, 3.8) is 0 Å². The summed E-state index contributed by atoms with van der Waals surface area (Å²) >= 11 is 1.86. The molecule has 5 nitrogen and oxygen atoms in total. The van der Waals surface area contributed by atoms with E-state index in [1.54, 1.807) is 24.3 Å². The molecule has 2 aromatic rings. The number of carbonyl (C=O) groups excluding carboxylic acids is 1. The van der Waals surface area contributed by atoms with Gasteiger partial charge in [-0.3, -0.25) is 0 Å². The second kappa shape index (κ2) is 8.07. The largest absolute Gasteiger partial charge is 0.478 e. The highest BCUT2D eigenvalue weighted by Crippen LogP contribution is 2.29. The van der Waals surface area contributed by atoms with Crippen LogP contribution in [0.5, 0.6) is 0 Å². The summed E-state index contributed by atoms with van der Waals surface area (Å²) in [5.41, 5.74) is 2.27. The summed E-state index contributed by atoms with van der Waals surface area (Å²) in [4.78, 5) is 25.4. The van der Waals surface area contributed by atoms with Gasteiger partial charge in [0.1, 0.15) is 0 Å². The maximum absolute atomic E-state index is 12.6. The Bertz CT molecular complexity index is 734. The summed E-state index contributed by atoms with van der Waals surface area (Å²) in [6.45, 7) is 1.10. The van der Waals surface area contributed by atoms with E-state index in [0.29, 0.717) is 13.1 Å². The SMILES string of the molecule is O=C(O)c1ccc(CNC(=O)N2CCSCC2c2ccccc2)cc1. The van der Waals surface area contributed by atoms with Crippen LogP contribution >= 0.6 is 11.8 Å². The van der Waals surface area contributed by atoms with Crippen LogP contribution in [0.1, 0.15) is 27.5 Å². The molecule has 0 radical (unpaired) electrons. The molecular formula is C19H20N2O3S. The Morgan fingerprint density at radius 1 is 1.12 bits per heavy atom. The van der Waals surface area contributed by atoms with Crippen LogP contribution in [-0.4, -0.2) is 40.1 Å². The molecule has 6 heteroatoms. The zero-order valence-electron chi connectivity index (χ0n) is 13.7. The van der Waals surface area contributed by atoms with Crippen LogP contribution in [0.3, 0.4) is 0 Å². The molecule has 25 heavy (non-hydrogen) atoms. The van der Waals surface area contributed by atoms with E-state index in [1.807, 2.05) is 34.9 Å². The number of amides is 2. The molecule has 3 rings (SSSR count). The fourth-order valence-electron chi connectivity index (χ4n) is 2.84. The molecule has 0 bridgehead atoms. The topological polar surface area (TPSA) is 69.6 Å². The summed E-state index contributed by atoms with van der Waals surface area (Å²) in [6.07, 6.45) is 0. The van der Waals surface area contributed by atoms with Gasteiger partial charge in [0.15, 0.2) is 0 Å². The number of hydrogen-bond donors (Lipinski definition) is 2. The molecule has 1 aliphatic rings. The third-order valence-corrected chi connectivity index (χ3v) is 5.24. The molecule has 2 aromatic carbocycles. The van der Waals surface area contributed by atoms with Gasteiger partial charge in [0, 0.05) is 24.6 Å². The van der Waals surface area contributed by atoms with Gasteiger partial charge in [-0.05, 0) is 23.3 Å². The number of carboxylic acid groups (broad SMARTS) is 1. The number of benzene rings is 2. The zero-order chi connectivity index (χ0) is 17.6. The van der Waals surface area contributed by atoms with Crippen LogP contribution in [0.4, 0.5) is 4.79 Å². The van der Waals surface area contributed by atoms with Crippen molar-refractivity contribution < 1.29 is 14.7 Å². The van der Waals surface area contributed by atoms with Crippen LogP contribution < -0.4 is 5.32 Å². The highest BCUT2D eigenvalue weighted by molar-refractivity contribution is 7.99. The monoisotopic (exact) mass is 356 g/mol. The van der Waals surface area contributed by atoms with Crippen molar-refractivity contribution in [2.75, 3.05) is 18.1 Å². The molecule has 0 aromatic heterocycles. The highest BCUT2D eigenvalue weighted by Gasteiger charge is 2.28. The van der Waals surface area contributed by atoms with Crippen molar-refractivity contribution in [1.29, 1.82) is 0 Å². The average Bonchev–Trinajstić information content (AvgIpc) is 2.67. The lowest BCUT2D eigenvalue weighted by molar-refractivity contribution is 0.0697. The number of urea groups is 1. The second-order valence-electron chi connectivity index (χ2n) is 5.86. The second-order valence-corrected chi connectivity index (χ2v) is 7.01. The normalized spacial score (nSPS) is 17.1. The van der Waals surface area contributed by atoms with Crippen molar-refractivity contribution in [2.45, 2.75) is 12.6 Å². The Labute approximate surface area is 151 Å². The summed E-state index contributed by atoms with van der Waals surface area (Å²) in [6, 6.07) is 16.6. The third-order valence-electron chi connectivity index (χ3n) is 4.22. The molecule has 1 heterocycles. The van der Waals surface area contributed by atoms with Crippen molar-refractivity contribution in [2.24, 2.45) is 0 Å². The molecule has 1 fully saturated rings. The molecule has 2 N–H and O–H groups in total. The Morgan fingerprint density at radius 2 is 1.84 bits per heavy atom. The Balaban J connectivity index is 1.63. The summed E-state index contributed by atoms with van der Waals surface area (Å²) < 4.78 is 0. The van der Waals surface area contributed by atoms with Gasteiger partial charge in [-0.2, -0.15) is 11.8 Å². The van der Waals surface area contributed by atoms with Gasteiger partial charge >= 0.3 is 12.0 Å². The number of nitrogens with one attached hydrogen (secondary N) is 1. The maximum atomic E-state index is 12.6. The number of hydrogen-bond acceptors (Lipinski definition) is 3. The van der Waals surface area contributed by atoms with Gasteiger partial charge in [0.2, 0.25) is 0 Å². The third kappa shape index (κ3) is 4.33. The molecule has 1 atom stereocenters. The van der Waals surface area contributed by atoms with Gasteiger partial charge in [-0.25, -0.2) is 9.59 Å². The van der Waals surface area contributed by atoms with E-state index in [4.69, 9.17) is 5.11 Å². The molecule has 0 spiro atoms. The van der Waals surface area contributed by atoms with E-state index in [-0.39, 0.29) is 17.6 Å². The van der Waals surface area contributed by atoms with E-state index in [0.717, 1.165) is 22.6 Å². The molecular weight excluding hydrogens is 336 g/mol. The van der Waals surface area contributed by atoms with E-state index in [2.05, 4.69) is 17.4 Å². The number of nitrogens with zero attached hydrogens (tertiary/aromatic N) is 1. The summed E-state index contributed by atoms with van der Waals surface area (Å²) in [5, 5.41) is 11.9. The van der Waals surface area contributed by atoms with Crippen LogP contribution in [0.25, 0.3) is 0 Å². The minimum Gasteiger partial charge on any atom is -0.478 e. The van der Waals surface area contributed by atoms with Crippen molar-refractivity contribution in [3.8, 4) is 0 Å². The fraction of sp³-hybridized carbons (Fsp3) is 0.263. The molecule has 1 unspecified atom stereocenters. The van der Waals surface area contributed by atoms with E-state index in [9.17, 15) is 9.59 Å². The summed E-state index contributed by atoms with van der Waals surface area (Å²) in [5.74, 6) is 0.876. The molecule has 130 valence electrons. The first-order valence-corrected chi connectivity index (χ1v) is 9.30. The van der Waals surface area contributed by atoms with Gasteiger partial charge in [-0.15, -0.1) is 0 Å². The quantitative estimate of drug-likeness (QED) is 0.881. The van der Waals surface area contributed by atoms with Crippen molar-refractivity contribution in [3.05, 3.63) is 71.3 Å². The lowest BCUT2D eigenvalue weighted by atomic mass is 10.1. The highest BCUT2D eigenvalue weighted by atomic mass is 32.2. The first-order chi connectivity index (χ1) is 12.1. The van der Waals surface area contributed by atoms with Crippen LogP contribution in [-0.2, 0) is 6.54 Å². The first kappa shape index (κ1) is 17.4. The minimum atomic E-state index is -0.952. The first-order valence-electron chi connectivity index (χ1n) is 8.14. The standard InChI is InChI=1S/C19H20N2O3S/c22-18(23)16-8-6-14(7-9-16)12-20-19(24)21-10-11-25-13-17(21)15-4-2-1-3-5-15/h1-9,17H,10-13H2,(H,20,24)(H,22,23). The van der Waals surface area contributed by atoms with Gasteiger partial charge in [0.25, 0.3) is 0 Å². The predicted molar refractivity (Wildman–Crippen MR) is 98.9 cm³/mol. The predicted octanol–water partition coefficient (Wildman–Crippen LogP) is 3.38. The molecule has 2 amide bonds. The van der Waals surface area contributed by atoms with Gasteiger partial charge < -0.3 is 15.3 Å². The Hall–Kier alpha value is -2.47. The Kier molecular flexibility index (Phi) is 5.60.